The first-order chi connectivity index (χ1) is 15.1. The minimum absolute atomic E-state index is 0.0687. The van der Waals surface area contributed by atoms with E-state index in [0.717, 1.165) is 30.7 Å². The molecule has 1 atom stereocenters. The highest BCUT2D eigenvalue weighted by Gasteiger charge is 2.29. The number of ether oxygens (including phenoxy) is 2. The number of piperidine rings is 1. The summed E-state index contributed by atoms with van der Waals surface area (Å²) in [5.41, 5.74) is 1.46. The molecule has 1 saturated heterocycles. The molecule has 4 rings (SSSR count). The smallest absolute Gasteiger partial charge is 0.324 e. The molecule has 0 unspecified atom stereocenters. The fourth-order valence-corrected chi connectivity index (χ4v) is 3.81. The summed E-state index contributed by atoms with van der Waals surface area (Å²) in [7, 11) is 3.17. The van der Waals surface area contributed by atoms with Crippen LogP contribution in [0, 0.1) is 5.92 Å². The molecule has 0 aliphatic carbocycles. The standard InChI is InChI=1S/C22H23ClN4O4/c1-29-17-8-5-14(6-9-17)20-25-22(31-26-20)27-11-3-4-15(13-27)21(28)24-16-7-10-19(30-2)18(23)12-16/h5-10,12,15H,3-4,11,13H2,1-2H3,(H,24,28)/t15-/m1/s1. The summed E-state index contributed by atoms with van der Waals surface area (Å²) >= 11 is 6.15. The molecule has 1 amide bonds. The van der Waals surface area contributed by atoms with Gasteiger partial charge in [0, 0.05) is 24.3 Å². The van der Waals surface area contributed by atoms with Crippen LogP contribution in [0.4, 0.5) is 11.7 Å². The normalized spacial score (nSPS) is 16.1. The van der Waals surface area contributed by atoms with Gasteiger partial charge in [-0.05, 0) is 55.3 Å². The first-order valence-corrected chi connectivity index (χ1v) is 10.3. The van der Waals surface area contributed by atoms with Crippen LogP contribution >= 0.6 is 11.6 Å². The van der Waals surface area contributed by atoms with E-state index in [1.165, 1.54) is 0 Å². The second kappa shape index (κ2) is 9.26. The first kappa shape index (κ1) is 21.0. The second-order valence-electron chi connectivity index (χ2n) is 7.25. The molecule has 1 aliphatic rings. The average Bonchev–Trinajstić information content (AvgIpc) is 3.30. The van der Waals surface area contributed by atoms with Crippen LogP contribution in [0.25, 0.3) is 11.4 Å². The van der Waals surface area contributed by atoms with E-state index in [0.29, 0.717) is 34.8 Å². The number of carbonyl (C=O) groups is 1. The fraction of sp³-hybridized carbons (Fsp3) is 0.318. The topological polar surface area (TPSA) is 89.7 Å². The molecule has 1 aliphatic heterocycles. The molecule has 2 aromatic carbocycles. The van der Waals surface area contributed by atoms with Gasteiger partial charge in [0.2, 0.25) is 11.7 Å². The molecule has 9 heteroatoms. The Morgan fingerprint density at radius 1 is 1.19 bits per heavy atom. The van der Waals surface area contributed by atoms with Gasteiger partial charge in [0.05, 0.1) is 25.2 Å². The Bertz CT molecular complexity index is 1050. The van der Waals surface area contributed by atoms with Gasteiger partial charge in [-0.15, -0.1) is 0 Å². The number of carbonyl (C=O) groups excluding carboxylic acids is 1. The molecule has 162 valence electrons. The third kappa shape index (κ3) is 4.74. The molecule has 0 spiro atoms. The van der Waals surface area contributed by atoms with Crippen LogP contribution in [0.5, 0.6) is 11.5 Å². The SMILES string of the molecule is COc1ccc(-c2noc(N3CCC[C@@H](C(=O)Nc4ccc(OC)c(Cl)c4)C3)n2)cc1. The molecule has 8 nitrogen and oxygen atoms in total. The molecule has 0 bridgehead atoms. The lowest BCUT2D eigenvalue weighted by Crippen LogP contribution is -2.41. The Labute approximate surface area is 185 Å². The van der Waals surface area contributed by atoms with Crippen LogP contribution in [0.1, 0.15) is 12.8 Å². The summed E-state index contributed by atoms with van der Waals surface area (Å²) in [6, 6.07) is 13.0. The van der Waals surface area contributed by atoms with Crippen LogP contribution in [0.3, 0.4) is 0 Å². The van der Waals surface area contributed by atoms with E-state index in [-0.39, 0.29) is 11.8 Å². The van der Waals surface area contributed by atoms with E-state index >= 15 is 0 Å². The summed E-state index contributed by atoms with van der Waals surface area (Å²) in [6.07, 6.45) is 1.63. The molecular weight excluding hydrogens is 420 g/mol. The number of methoxy groups -OCH3 is 2. The van der Waals surface area contributed by atoms with E-state index in [1.54, 1.807) is 32.4 Å². The third-order valence-corrected chi connectivity index (χ3v) is 5.54. The molecule has 1 fully saturated rings. The van der Waals surface area contributed by atoms with Gasteiger partial charge in [-0.1, -0.05) is 16.8 Å². The van der Waals surface area contributed by atoms with E-state index < -0.39 is 0 Å². The number of anilines is 2. The maximum absolute atomic E-state index is 12.8. The molecular formula is C22H23ClN4O4. The Morgan fingerprint density at radius 3 is 2.71 bits per heavy atom. The van der Waals surface area contributed by atoms with Crippen molar-refractivity contribution in [2.24, 2.45) is 5.92 Å². The van der Waals surface area contributed by atoms with Gasteiger partial charge in [-0.25, -0.2) is 0 Å². The summed E-state index contributed by atoms with van der Waals surface area (Å²) in [6.45, 7) is 1.25. The number of halogens is 1. The quantitative estimate of drug-likeness (QED) is 0.609. The molecule has 2 heterocycles. The number of hydrogen-bond acceptors (Lipinski definition) is 7. The molecule has 1 N–H and O–H groups in total. The van der Waals surface area contributed by atoms with Crippen molar-refractivity contribution in [3.63, 3.8) is 0 Å². The van der Waals surface area contributed by atoms with E-state index in [4.69, 9.17) is 25.6 Å². The summed E-state index contributed by atoms with van der Waals surface area (Å²) in [5, 5.41) is 7.47. The van der Waals surface area contributed by atoms with Gasteiger partial charge in [0.25, 0.3) is 0 Å². The third-order valence-electron chi connectivity index (χ3n) is 5.25. The van der Waals surface area contributed by atoms with E-state index in [1.807, 2.05) is 29.2 Å². The van der Waals surface area contributed by atoms with E-state index in [9.17, 15) is 4.79 Å². The van der Waals surface area contributed by atoms with E-state index in [2.05, 4.69) is 15.5 Å². The average molecular weight is 443 g/mol. The maximum Gasteiger partial charge on any atom is 0.324 e. The van der Waals surface area contributed by atoms with Crippen LogP contribution in [0.2, 0.25) is 5.02 Å². The number of aromatic nitrogens is 2. The van der Waals surface area contributed by atoms with Crippen molar-refractivity contribution in [3.05, 3.63) is 47.5 Å². The van der Waals surface area contributed by atoms with Crippen molar-refractivity contribution in [2.75, 3.05) is 37.5 Å². The lowest BCUT2D eigenvalue weighted by molar-refractivity contribution is -0.120. The number of hydrogen-bond donors (Lipinski definition) is 1. The van der Waals surface area contributed by atoms with Gasteiger partial charge in [0.1, 0.15) is 11.5 Å². The molecule has 0 radical (unpaired) electrons. The van der Waals surface area contributed by atoms with Crippen molar-refractivity contribution in [1.82, 2.24) is 10.1 Å². The number of amides is 1. The predicted octanol–water partition coefficient (Wildman–Crippen LogP) is 4.26. The molecule has 0 saturated carbocycles. The monoisotopic (exact) mass is 442 g/mol. The van der Waals surface area contributed by atoms with Crippen LogP contribution < -0.4 is 19.7 Å². The summed E-state index contributed by atoms with van der Waals surface area (Å²) < 4.78 is 15.8. The van der Waals surface area contributed by atoms with Gasteiger partial charge in [-0.2, -0.15) is 4.98 Å². The van der Waals surface area contributed by atoms with Crippen LogP contribution in [-0.2, 0) is 4.79 Å². The summed E-state index contributed by atoms with van der Waals surface area (Å²) in [5.74, 6) is 1.55. The number of rotatable bonds is 6. The van der Waals surface area contributed by atoms with Gasteiger partial charge < -0.3 is 24.2 Å². The van der Waals surface area contributed by atoms with Crippen molar-refractivity contribution in [3.8, 4) is 22.9 Å². The Kier molecular flexibility index (Phi) is 6.27. The second-order valence-corrected chi connectivity index (χ2v) is 7.66. The fourth-order valence-electron chi connectivity index (χ4n) is 3.55. The van der Waals surface area contributed by atoms with Crippen molar-refractivity contribution < 1.29 is 18.8 Å². The Hall–Kier alpha value is -3.26. The zero-order valence-electron chi connectivity index (χ0n) is 17.3. The molecule has 31 heavy (non-hydrogen) atoms. The molecule has 1 aromatic heterocycles. The highest BCUT2D eigenvalue weighted by molar-refractivity contribution is 6.32. The first-order valence-electron chi connectivity index (χ1n) is 9.95. The highest BCUT2D eigenvalue weighted by Crippen LogP contribution is 2.29. The van der Waals surface area contributed by atoms with Crippen molar-refractivity contribution in [1.29, 1.82) is 0 Å². The summed E-state index contributed by atoms with van der Waals surface area (Å²) in [4.78, 5) is 19.3. The number of nitrogens with one attached hydrogen (secondary N) is 1. The van der Waals surface area contributed by atoms with Crippen molar-refractivity contribution in [2.45, 2.75) is 12.8 Å². The Morgan fingerprint density at radius 2 is 2.00 bits per heavy atom. The van der Waals surface area contributed by atoms with Crippen LogP contribution in [0.15, 0.2) is 47.0 Å². The van der Waals surface area contributed by atoms with Gasteiger partial charge >= 0.3 is 6.01 Å². The van der Waals surface area contributed by atoms with Gasteiger partial charge in [-0.3, -0.25) is 4.79 Å². The number of nitrogens with zero attached hydrogens (tertiary/aromatic N) is 3. The zero-order chi connectivity index (χ0) is 21.8. The maximum atomic E-state index is 12.8. The minimum Gasteiger partial charge on any atom is -0.497 e. The number of benzene rings is 2. The lowest BCUT2D eigenvalue weighted by Gasteiger charge is -2.30. The highest BCUT2D eigenvalue weighted by atomic mass is 35.5. The largest absolute Gasteiger partial charge is 0.497 e. The van der Waals surface area contributed by atoms with Gasteiger partial charge in [0.15, 0.2) is 0 Å². The predicted molar refractivity (Wildman–Crippen MR) is 118 cm³/mol. The minimum atomic E-state index is -0.203. The van der Waals surface area contributed by atoms with Crippen LogP contribution in [-0.4, -0.2) is 43.4 Å². The Balaban J connectivity index is 1.41. The zero-order valence-corrected chi connectivity index (χ0v) is 18.1. The lowest BCUT2D eigenvalue weighted by atomic mass is 9.97. The molecule has 3 aromatic rings. The van der Waals surface area contributed by atoms with Crippen molar-refractivity contribution >= 4 is 29.2 Å².